The lowest BCUT2D eigenvalue weighted by Crippen LogP contribution is -2.31. The molecule has 3 nitrogen and oxygen atoms in total. The molecule has 0 bridgehead atoms. The highest BCUT2D eigenvalue weighted by atomic mass is 32.2. The Morgan fingerprint density at radius 3 is 1.78 bits per heavy atom. The van der Waals surface area contributed by atoms with E-state index in [2.05, 4.69) is 0 Å². The van der Waals surface area contributed by atoms with Crippen LogP contribution in [0.4, 0.5) is 0 Å². The Morgan fingerprint density at radius 1 is 1.11 bits per heavy atom. The first-order chi connectivity index (χ1) is 4.13. The van der Waals surface area contributed by atoms with E-state index < -0.39 is 17.6 Å². The van der Waals surface area contributed by atoms with Gasteiger partial charge < -0.3 is 15.3 Å². The highest BCUT2D eigenvalue weighted by Gasteiger charge is 2.38. The summed E-state index contributed by atoms with van der Waals surface area (Å²) in [5.41, 5.74) is -0.810. The Morgan fingerprint density at radius 2 is 1.67 bits per heavy atom. The molecule has 0 aromatic heterocycles. The van der Waals surface area contributed by atoms with E-state index in [1.165, 1.54) is 11.8 Å². The van der Waals surface area contributed by atoms with Crippen LogP contribution in [0.1, 0.15) is 6.92 Å². The van der Waals surface area contributed by atoms with Crippen molar-refractivity contribution in [1.82, 2.24) is 0 Å². The minimum Gasteiger partial charge on any atom is -0.389 e. The second-order valence-corrected chi connectivity index (χ2v) is 3.71. The maximum atomic E-state index is 9.01. The van der Waals surface area contributed by atoms with Crippen molar-refractivity contribution in [1.29, 1.82) is 0 Å². The van der Waals surface area contributed by atoms with Gasteiger partial charge in [0.25, 0.3) is 0 Å². The van der Waals surface area contributed by atoms with E-state index in [1.54, 1.807) is 6.92 Å². The summed E-state index contributed by atoms with van der Waals surface area (Å²) in [5, 5.41) is 26.8. The van der Waals surface area contributed by atoms with E-state index in [4.69, 9.17) is 15.3 Å². The molecular weight excluding hydrogens is 140 g/mol. The number of hydrogen-bond donors (Lipinski definition) is 3. The summed E-state index contributed by atoms with van der Waals surface area (Å²) in [6.45, 7) is 1.77. The lowest BCUT2D eigenvalue weighted by molar-refractivity contribution is -0.0120. The summed E-state index contributed by atoms with van der Waals surface area (Å²) in [7, 11) is 0. The van der Waals surface area contributed by atoms with Gasteiger partial charge in [-0.15, -0.1) is 11.8 Å². The third-order valence-corrected chi connectivity index (χ3v) is 2.74. The second-order valence-electron chi connectivity index (χ2n) is 2.21. The third kappa shape index (κ3) is 1.21. The van der Waals surface area contributed by atoms with Gasteiger partial charge in [0.15, 0.2) is 0 Å². The SMILES string of the molecule is C[C@@H]1S[C@@H](O)[C@H](O)[C@H]1O. The van der Waals surface area contributed by atoms with Gasteiger partial charge in [0, 0.05) is 5.25 Å². The van der Waals surface area contributed by atoms with Crippen molar-refractivity contribution in [2.75, 3.05) is 0 Å². The van der Waals surface area contributed by atoms with E-state index >= 15 is 0 Å². The van der Waals surface area contributed by atoms with E-state index in [1.807, 2.05) is 0 Å². The van der Waals surface area contributed by atoms with Crippen LogP contribution in [0.2, 0.25) is 0 Å². The first-order valence-electron chi connectivity index (χ1n) is 2.82. The molecule has 0 radical (unpaired) electrons. The van der Waals surface area contributed by atoms with Gasteiger partial charge in [0.05, 0.1) is 6.10 Å². The maximum absolute atomic E-state index is 9.01. The van der Waals surface area contributed by atoms with Gasteiger partial charge in [0.1, 0.15) is 11.5 Å². The Hall–Kier alpha value is 0.230. The lowest BCUT2D eigenvalue weighted by atomic mass is 10.2. The van der Waals surface area contributed by atoms with Crippen molar-refractivity contribution in [2.24, 2.45) is 0 Å². The summed E-state index contributed by atoms with van der Waals surface area (Å²) in [4.78, 5) is 0. The maximum Gasteiger partial charge on any atom is 0.128 e. The summed E-state index contributed by atoms with van der Waals surface area (Å²) >= 11 is 1.19. The predicted molar refractivity (Wildman–Crippen MR) is 35.1 cm³/mol. The molecular formula is C5H10O3S. The van der Waals surface area contributed by atoms with Crippen LogP contribution in [0, 0.1) is 0 Å². The lowest BCUT2D eigenvalue weighted by Gasteiger charge is -2.09. The smallest absolute Gasteiger partial charge is 0.128 e. The molecule has 4 atom stereocenters. The second kappa shape index (κ2) is 2.46. The molecule has 0 aromatic rings. The molecule has 1 rings (SSSR count). The highest BCUT2D eigenvalue weighted by molar-refractivity contribution is 8.00. The third-order valence-electron chi connectivity index (χ3n) is 1.48. The highest BCUT2D eigenvalue weighted by Crippen LogP contribution is 2.31. The molecule has 1 aliphatic rings. The minimum atomic E-state index is -0.968. The fraction of sp³-hybridized carbons (Fsp3) is 1.00. The van der Waals surface area contributed by atoms with Crippen molar-refractivity contribution in [3.63, 3.8) is 0 Å². The first-order valence-corrected chi connectivity index (χ1v) is 3.77. The monoisotopic (exact) mass is 150 g/mol. The Bertz CT molecular complexity index is 96.4. The Labute approximate surface area is 57.7 Å². The minimum absolute atomic E-state index is 0.0602. The van der Waals surface area contributed by atoms with Gasteiger partial charge >= 0.3 is 0 Å². The first kappa shape index (κ1) is 7.34. The Balaban J connectivity index is 2.54. The normalized spacial score (nSPS) is 52.0. The fourth-order valence-electron chi connectivity index (χ4n) is 0.827. The zero-order valence-corrected chi connectivity index (χ0v) is 5.88. The van der Waals surface area contributed by atoms with Crippen LogP contribution in [0.25, 0.3) is 0 Å². The van der Waals surface area contributed by atoms with Gasteiger partial charge in [-0.2, -0.15) is 0 Å². The molecule has 54 valence electrons. The number of rotatable bonds is 0. The van der Waals surface area contributed by atoms with E-state index in [9.17, 15) is 0 Å². The van der Waals surface area contributed by atoms with Gasteiger partial charge in [-0.05, 0) is 0 Å². The van der Waals surface area contributed by atoms with Crippen LogP contribution in [0.3, 0.4) is 0 Å². The molecule has 1 aliphatic heterocycles. The molecule has 9 heavy (non-hydrogen) atoms. The molecule has 1 saturated heterocycles. The zero-order chi connectivity index (χ0) is 7.02. The molecule has 1 fully saturated rings. The topological polar surface area (TPSA) is 60.7 Å². The molecule has 1 heterocycles. The van der Waals surface area contributed by atoms with Crippen LogP contribution in [-0.2, 0) is 0 Å². The number of hydrogen-bond acceptors (Lipinski definition) is 4. The molecule has 3 N–H and O–H groups in total. The number of aliphatic hydroxyl groups is 3. The van der Waals surface area contributed by atoms with Crippen LogP contribution in [0.15, 0.2) is 0 Å². The number of thioether (sulfide) groups is 1. The largest absolute Gasteiger partial charge is 0.389 e. The quantitative estimate of drug-likeness (QED) is 0.421. The standard InChI is InChI=1S/C5H10O3S/c1-2-3(6)4(7)5(8)9-2/h2-8H,1H3/t2-,3-,4+,5+/m0/s1. The van der Waals surface area contributed by atoms with E-state index in [-0.39, 0.29) is 5.25 Å². The molecule has 0 aliphatic carbocycles. The molecule has 0 aromatic carbocycles. The van der Waals surface area contributed by atoms with Crippen molar-refractivity contribution < 1.29 is 15.3 Å². The summed E-state index contributed by atoms with van der Waals surface area (Å²) < 4.78 is 0. The fourth-order valence-corrected chi connectivity index (χ4v) is 1.91. The molecule has 4 heteroatoms. The number of aliphatic hydroxyl groups excluding tert-OH is 3. The van der Waals surface area contributed by atoms with Crippen molar-refractivity contribution in [3.8, 4) is 0 Å². The van der Waals surface area contributed by atoms with Crippen molar-refractivity contribution in [2.45, 2.75) is 29.8 Å². The molecule has 0 amide bonds. The van der Waals surface area contributed by atoms with Crippen LogP contribution >= 0.6 is 11.8 Å². The van der Waals surface area contributed by atoms with Crippen molar-refractivity contribution >= 4 is 11.8 Å². The zero-order valence-electron chi connectivity index (χ0n) is 5.06. The van der Waals surface area contributed by atoms with Gasteiger partial charge in [-0.3, -0.25) is 0 Å². The molecule has 0 unspecified atom stereocenters. The summed E-state index contributed by atoms with van der Waals surface area (Å²) in [6.07, 6.45) is -1.74. The van der Waals surface area contributed by atoms with Crippen LogP contribution in [0.5, 0.6) is 0 Å². The molecule has 0 spiro atoms. The predicted octanol–water partition coefficient (Wildman–Crippen LogP) is -0.838. The average Bonchev–Trinajstić information content (AvgIpc) is 1.98. The summed E-state index contributed by atoms with van der Waals surface area (Å²) in [5.74, 6) is 0. The van der Waals surface area contributed by atoms with Gasteiger partial charge in [-0.25, -0.2) is 0 Å². The van der Waals surface area contributed by atoms with Crippen LogP contribution in [-0.4, -0.2) is 38.2 Å². The van der Waals surface area contributed by atoms with E-state index in [0.717, 1.165) is 0 Å². The van der Waals surface area contributed by atoms with Crippen LogP contribution < -0.4 is 0 Å². The van der Waals surface area contributed by atoms with E-state index in [0.29, 0.717) is 0 Å². The Kier molecular flexibility index (Phi) is 2.00. The average molecular weight is 150 g/mol. The molecule has 0 saturated carbocycles. The van der Waals surface area contributed by atoms with Gasteiger partial charge in [0.2, 0.25) is 0 Å². The van der Waals surface area contributed by atoms with Gasteiger partial charge in [-0.1, -0.05) is 6.92 Å². The van der Waals surface area contributed by atoms with Crippen molar-refractivity contribution in [3.05, 3.63) is 0 Å². The summed E-state index contributed by atoms with van der Waals surface area (Å²) in [6, 6.07) is 0.